The number of carbonyl (C=O) groups excluding carboxylic acids is 1. The van der Waals surface area contributed by atoms with E-state index in [1.165, 1.54) is 12.8 Å². The molecule has 1 aliphatic rings. The van der Waals surface area contributed by atoms with E-state index < -0.39 is 0 Å². The Morgan fingerprint density at radius 3 is 2.28 bits per heavy atom. The minimum atomic E-state index is 0.179. The summed E-state index contributed by atoms with van der Waals surface area (Å²) in [5.74, 6) is 1.78. The molecule has 1 atom stereocenters. The zero-order valence-corrected chi connectivity index (χ0v) is 12.5. The molecule has 0 aromatic carbocycles. The first kappa shape index (κ1) is 15.5. The van der Waals surface area contributed by atoms with Crippen LogP contribution >= 0.6 is 0 Å². The smallest absolute Gasteiger partial charge is 0.220 e. The van der Waals surface area contributed by atoms with E-state index in [1.807, 2.05) is 0 Å². The van der Waals surface area contributed by atoms with Gasteiger partial charge in [-0.15, -0.1) is 0 Å². The van der Waals surface area contributed by atoms with Crippen LogP contribution in [0.2, 0.25) is 0 Å². The number of nitrogens with one attached hydrogen (secondary N) is 1. The van der Waals surface area contributed by atoms with Crippen LogP contribution in [0.15, 0.2) is 0 Å². The van der Waals surface area contributed by atoms with Crippen molar-refractivity contribution in [3.05, 3.63) is 0 Å². The summed E-state index contributed by atoms with van der Waals surface area (Å²) in [7, 11) is 0. The number of hydrogen-bond acceptors (Lipinski definition) is 2. The maximum Gasteiger partial charge on any atom is 0.220 e. The van der Waals surface area contributed by atoms with Crippen LogP contribution < -0.4 is 11.1 Å². The van der Waals surface area contributed by atoms with Gasteiger partial charge in [0.05, 0.1) is 0 Å². The molecule has 3 N–H and O–H groups in total. The molecule has 0 aliphatic heterocycles. The summed E-state index contributed by atoms with van der Waals surface area (Å²) in [6.45, 7) is 10.3. The van der Waals surface area contributed by atoms with E-state index in [4.69, 9.17) is 5.73 Å². The average molecular weight is 254 g/mol. The Labute approximate surface area is 112 Å². The minimum Gasteiger partial charge on any atom is -0.356 e. The standard InChI is InChI=1S/C15H30N2O/c1-11(2)7-13(9-16)8-14(18)17-10-15(5-6-15)12(3)4/h11-13H,5-10,16H2,1-4H3,(H,17,18). The van der Waals surface area contributed by atoms with Crippen molar-refractivity contribution in [3.63, 3.8) is 0 Å². The number of nitrogens with two attached hydrogens (primary N) is 1. The summed E-state index contributed by atoms with van der Waals surface area (Å²) in [5, 5.41) is 3.11. The second-order valence-electron chi connectivity index (χ2n) is 6.73. The van der Waals surface area contributed by atoms with E-state index in [0.29, 0.717) is 36.1 Å². The Morgan fingerprint density at radius 1 is 1.28 bits per heavy atom. The van der Waals surface area contributed by atoms with E-state index >= 15 is 0 Å². The monoisotopic (exact) mass is 254 g/mol. The SMILES string of the molecule is CC(C)CC(CN)CC(=O)NCC1(C(C)C)CC1. The molecule has 1 saturated carbocycles. The molecule has 1 aliphatic carbocycles. The lowest BCUT2D eigenvalue weighted by molar-refractivity contribution is -0.122. The molecule has 1 amide bonds. The Balaban J connectivity index is 2.28. The molecule has 1 unspecified atom stereocenters. The van der Waals surface area contributed by atoms with Gasteiger partial charge in [-0.3, -0.25) is 4.79 Å². The van der Waals surface area contributed by atoms with Crippen molar-refractivity contribution in [3.8, 4) is 0 Å². The lowest BCUT2D eigenvalue weighted by atomic mass is 9.91. The highest BCUT2D eigenvalue weighted by Crippen LogP contribution is 2.51. The largest absolute Gasteiger partial charge is 0.356 e. The topological polar surface area (TPSA) is 55.1 Å². The molecular formula is C15H30N2O. The van der Waals surface area contributed by atoms with Crippen molar-refractivity contribution in [2.45, 2.75) is 53.4 Å². The summed E-state index contributed by atoms with van der Waals surface area (Å²) in [5.41, 5.74) is 6.13. The van der Waals surface area contributed by atoms with Crippen LogP contribution in [0, 0.1) is 23.2 Å². The highest BCUT2D eigenvalue weighted by atomic mass is 16.1. The van der Waals surface area contributed by atoms with E-state index in [9.17, 15) is 4.79 Å². The first-order chi connectivity index (χ1) is 8.39. The molecule has 3 nitrogen and oxygen atoms in total. The third-order valence-electron chi connectivity index (χ3n) is 4.37. The van der Waals surface area contributed by atoms with E-state index in [1.54, 1.807) is 0 Å². The zero-order valence-electron chi connectivity index (χ0n) is 12.5. The zero-order chi connectivity index (χ0) is 13.8. The third kappa shape index (κ3) is 4.60. The molecule has 0 bridgehead atoms. The summed E-state index contributed by atoms with van der Waals surface area (Å²) >= 11 is 0. The molecular weight excluding hydrogens is 224 g/mol. The van der Waals surface area contributed by atoms with Gasteiger partial charge in [-0.1, -0.05) is 27.7 Å². The molecule has 106 valence electrons. The van der Waals surface area contributed by atoms with Crippen molar-refractivity contribution in [2.24, 2.45) is 28.9 Å². The van der Waals surface area contributed by atoms with Crippen LogP contribution in [0.25, 0.3) is 0 Å². The highest BCUT2D eigenvalue weighted by molar-refractivity contribution is 5.76. The van der Waals surface area contributed by atoms with Crippen molar-refractivity contribution >= 4 is 5.91 Å². The molecule has 0 aromatic rings. The van der Waals surface area contributed by atoms with Gasteiger partial charge in [0.15, 0.2) is 0 Å². The molecule has 0 spiro atoms. The first-order valence-electron chi connectivity index (χ1n) is 7.36. The summed E-state index contributed by atoms with van der Waals surface area (Å²) in [6, 6.07) is 0. The average Bonchev–Trinajstić information content (AvgIpc) is 3.06. The summed E-state index contributed by atoms with van der Waals surface area (Å²) in [6.07, 6.45) is 4.15. The Bertz CT molecular complexity index is 270. The molecule has 0 aromatic heterocycles. The van der Waals surface area contributed by atoms with Gasteiger partial charge in [0.25, 0.3) is 0 Å². The van der Waals surface area contributed by atoms with Crippen molar-refractivity contribution in [1.29, 1.82) is 0 Å². The molecule has 18 heavy (non-hydrogen) atoms. The molecule has 3 heteroatoms. The normalized spacial score (nSPS) is 19.1. The van der Waals surface area contributed by atoms with E-state index in [-0.39, 0.29) is 5.91 Å². The quantitative estimate of drug-likeness (QED) is 0.699. The second kappa shape index (κ2) is 6.55. The van der Waals surface area contributed by atoms with E-state index in [0.717, 1.165) is 13.0 Å². The highest BCUT2D eigenvalue weighted by Gasteiger charge is 2.45. The van der Waals surface area contributed by atoms with Gasteiger partial charge in [-0.2, -0.15) is 0 Å². The predicted molar refractivity (Wildman–Crippen MR) is 76.1 cm³/mol. The van der Waals surface area contributed by atoms with Crippen molar-refractivity contribution < 1.29 is 4.79 Å². The van der Waals surface area contributed by atoms with Crippen LogP contribution in [0.1, 0.15) is 53.4 Å². The lowest BCUT2D eigenvalue weighted by Gasteiger charge is -2.21. The second-order valence-corrected chi connectivity index (χ2v) is 6.73. The maximum atomic E-state index is 11.9. The van der Waals surface area contributed by atoms with Crippen LogP contribution in [-0.2, 0) is 4.79 Å². The minimum absolute atomic E-state index is 0.179. The van der Waals surface area contributed by atoms with Crippen LogP contribution in [0.4, 0.5) is 0 Å². The van der Waals surface area contributed by atoms with Gasteiger partial charge in [0.2, 0.25) is 5.91 Å². The molecule has 1 rings (SSSR count). The predicted octanol–water partition coefficient (Wildman–Crippen LogP) is 2.55. The number of rotatable bonds is 8. The number of hydrogen-bond donors (Lipinski definition) is 2. The first-order valence-corrected chi connectivity index (χ1v) is 7.36. The molecule has 0 radical (unpaired) electrons. The van der Waals surface area contributed by atoms with Gasteiger partial charge in [0, 0.05) is 13.0 Å². The van der Waals surface area contributed by atoms with Crippen LogP contribution in [0.5, 0.6) is 0 Å². The third-order valence-corrected chi connectivity index (χ3v) is 4.37. The fourth-order valence-corrected chi connectivity index (χ4v) is 2.66. The van der Waals surface area contributed by atoms with Crippen LogP contribution in [0.3, 0.4) is 0 Å². The van der Waals surface area contributed by atoms with Crippen molar-refractivity contribution in [1.82, 2.24) is 5.32 Å². The maximum absolute atomic E-state index is 11.9. The van der Waals surface area contributed by atoms with Gasteiger partial charge in [-0.25, -0.2) is 0 Å². The Kier molecular flexibility index (Phi) is 5.64. The van der Waals surface area contributed by atoms with Crippen LogP contribution in [-0.4, -0.2) is 19.0 Å². The summed E-state index contributed by atoms with van der Waals surface area (Å²) in [4.78, 5) is 11.9. The summed E-state index contributed by atoms with van der Waals surface area (Å²) < 4.78 is 0. The van der Waals surface area contributed by atoms with Gasteiger partial charge in [-0.05, 0) is 49.0 Å². The molecule has 0 heterocycles. The van der Waals surface area contributed by atoms with Gasteiger partial charge in [0.1, 0.15) is 0 Å². The fraction of sp³-hybridized carbons (Fsp3) is 0.933. The Hall–Kier alpha value is -0.570. The fourth-order valence-electron chi connectivity index (χ4n) is 2.66. The Morgan fingerprint density at radius 2 is 1.89 bits per heavy atom. The van der Waals surface area contributed by atoms with E-state index in [2.05, 4.69) is 33.0 Å². The molecule has 0 saturated heterocycles. The molecule has 1 fully saturated rings. The van der Waals surface area contributed by atoms with Gasteiger partial charge < -0.3 is 11.1 Å². The van der Waals surface area contributed by atoms with Gasteiger partial charge >= 0.3 is 0 Å². The lowest BCUT2D eigenvalue weighted by Crippen LogP contribution is -2.34. The van der Waals surface area contributed by atoms with Crippen molar-refractivity contribution in [2.75, 3.05) is 13.1 Å². The number of carbonyl (C=O) groups is 1. The number of amides is 1.